The predicted molar refractivity (Wildman–Crippen MR) is 118 cm³/mol. The Labute approximate surface area is 180 Å². The lowest BCUT2D eigenvalue weighted by atomic mass is 9.93. The molecule has 0 radical (unpaired) electrons. The number of carbonyl (C=O) groups is 1. The maximum atomic E-state index is 13.0. The highest BCUT2D eigenvalue weighted by atomic mass is 19.1. The zero-order valence-corrected chi connectivity index (χ0v) is 17.4. The second kappa shape index (κ2) is 9.61. The molecule has 3 heterocycles. The molecule has 1 atom stereocenters. The van der Waals surface area contributed by atoms with Crippen molar-refractivity contribution >= 4 is 23.2 Å². The number of benzene rings is 1. The largest absolute Gasteiger partial charge is 0.325 e. The zero-order valence-electron chi connectivity index (χ0n) is 17.4. The van der Waals surface area contributed by atoms with Crippen molar-refractivity contribution in [1.29, 1.82) is 0 Å². The highest BCUT2D eigenvalue weighted by Gasteiger charge is 2.24. The van der Waals surface area contributed by atoms with Crippen LogP contribution in [0.3, 0.4) is 0 Å². The number of nitrogens with zero attached hydrogens (tertiary/aromatic N) is 4. The smallest absolute Gasteiger partial charge is 0.238 e. The van der Waals surface area contributed by atoms with Gasteiger partial charge in [0.2, 0.25) is 11.9 Å². The number of hydrogen-bond donors (Lipinski definition) is 2. The Balaban J connectivity index is 1.39. The third kappa shape index (κ3) is 5.82. The molecule has 2 aromatic heterocycles. The van der Waals surface area contributed by atoms with Gasteiger partial charge in [-0.15, -0.1) is 0 Å². The number of carbonyl (C=O) groups excluding carboxylic acids is 1. The molecule has 1 aliphatic rings. The van der Waals surface area contributed by atoms with Crippen LogP contribution in [0.15, 0.2) is 54.9 Å². The lowest BCUT2D eigenvalue weighted by Gasteiger charge is -2.32. The van der Waals surface area contributed by atoms with E-state index in [4.69, 9.17) is 4.98 Å². The van der Waals surface area contributed by atoms with Crippen molar-refractivity contribution in [2.24, 2.45) is 0 Å². The lowest BCUT2D eigenvalue weighted by Crippen LogP contribution is -2.40. The number of rotatable bonds is 6. The van der Waals surface area contributed by atoms with Crippen molar-refractivity contribution in [3.63, 3.8) is 0 Å². The number of pyridine rings is 1. The minimum Gasteiger partial charge on any atom is -0.325 e. The number of nitrogens with one attached hydrogen (secondary N) is 2. The van der Waals surface area contributed by atoms with Crippen LogP contribution in [0.2, 0.25) is 0 Å². The van der Waals surface area contributed by atoms with E-state index in [9.17, 15) is 9.18 Å². The maximum Gasteiger partial charge on any atom is 0.238 e. The molecule has 3 aromatic rings. The van der Waals surface area contributed by atoms with Gasteiger partial charge in [-0.3, -0.25) is 14.7 Å². The Hall–Kier alpha value is -3.39. The molecule has 1 aliphatic heterocycles. The third-order valence-electron chi connectivity index (χ3n) is 5.21. The van der Waals surface area contributed by atoms with E-state index in [0.717, 1.165) is 43.0 Å². The molecule has 31 heavy (non-hydrogen) atoms. The van der Waals surface area contributed by atoms with Gasteiger partial charge in [0.05, 0.1) is 6.54 Å². The molecule has 0 spiro atoms. The molecule has 1 saturated heterocycles. The van der Waals surface area contributed by atoms with Crippen LogP contribution in [0.1, 0.15) is 30.1 Å². The van der Waals surface area contributed by atoms with Crippen LogP contribution in [0.4, 0.5) is 21.7 Å². The second-order valence-corrected chi connectivity index (χ2v) is 7.75. The average molecular weight is 420 g/mol. The van der Waals surface area contributed by atoms with Crippen molar-refractivity contribution in [3.05, 3.63) is 72.1 Å². The summed E-state index contributed by atoms with van der Waals surface area (Å²) in [6.45, 7) is 3.89. The quantitative estimate of drug-likeness (QED) is 0.630. The summed E-state index contributed by atoms with van der Waals surface area (Å²) in [6, 6.07) is 11.6. The fourth-order valence-electron chi connectivity index (χ4n) is 3.85. The van der Waals surface area contributed by atoms with Gasteiger partial charge < -0.3 is 10.6 Å². The van der Waals surface area contributed by atoms with Crippen molar-refractivity contribution in [2.75, 3.05) is 30.3 Å². The summed E-state index contributed by atoms with van der Waals surface area (Å²) in [5.41, 5.74) is 3.42. The average Bonchev–Trinajstić information content (AvgIpc) is 2.76. The molecular formula is C23H25FN6O. The molecule has 1 aromatic carbocycles. The molecule has 8 heteroatoms. The number of aryl methyl sites for hydroxylation is 1. The first kappa shape index (κ1) is 20.9. The fourth-order valence-corrected chi connectivity index (χ4v) is 3.85. The molecule has 1 amide bonds. The van der Waals surface area contributed by atoms with E-state index in [0.29, 0.717) is 18.2 Å². The molecule has 0 unspecified atom stereocenters. The summed E-state index contributed by atoms with van der Waals surface area (Å²) in [4.78, 5) is 27.7. The number of anilines is 3. The van der Waals surface area contributed by atoms with Gasteiger partial charge in [0, 0.05) is 47.6 Å². The van der Waals surface area contributed by atoms with E-state index in [1.54, 1.807) is 30.6 Å². The highest BCUT2D eigenvalue weighted by molar-refractivity contribution is 5.92. The van der Waals surface area contributed by atoms with E-state index in [1.165, 1.54) is 12.1 Å². The minimum atomic E-state index is -0.324. The first-order valence-corrected chi connectivity index (χ1v) is 10.4. The van der Waals surface area contributed by atoms with Gasteiger partial charge in [0.15, 0.2) is 0 Å². The number of amides is 1. The normalized spacial score (nSPS) is 16.6. The predicted octanol–water partition coefficient (Wildman–Crippen LogP) is 3.88. The molecule has 0 bridgehead atoms. The van der Waals surface area contributed by atoms with Crippen molar-refractivity contribution in [2.45, 2.75) is 25.7 Å². The van der Waals surface area contributed by atoms with E-state index in [2.05, 4.69) is 25.5 Å². The molecular weight excluding hydrogens is 395 g/mol. The van der Waals surface area contributed by atoms with Crippen LogP contribution in [0.25, 0.3) is 0 Å². The van der Waals surface area contributed by atoms with Gasteiger partial charge >= 0.3 is 0 Å². The molecule has 160 valence electrons. The molecule has 4 rings (SSSR count). The Bertz CT molecular complexity index is 1030. The number of aromatic nitrogens is 3. The van der Waals surface area contributed by atoms with Crippen LogP contribution in [0, 0.1) is 12.7 Å². The summed E-state index contributed by atoms with van der Waals surface area (Å²) in [7, 11) is 0. The summed E-state index contributed by atoms with van der Waals surface area (Å²) in [5.74, 6) is 0.356. The summed E-state index contributed by atoms with van der Waals surface area (Å²) in [5, 5.41) is 6.06. The summed E-state index contributed by atoms with van der Waals surface area (Å²) >= 11 is 0. The maximum absolute atomic E-state index is 13.0. The van der Waals surface area contributed by atoms with E-state index < -0.39 is 0 Å². The standard InChI is InChI=1S/C23H25FN6O/c1-16-12-20(29-23-25-9-3-10-26-23)13-21(27-16)17-4-2-11-30(14-17)15-22(31)28-19-7-5-18(24)6-8-19/h3,5-10,12-13,17H,2,4,11,14-15H2,1H3,(H,28,31)(H,25,26,27,29)/t17-/m0/s1. The van der Waals surface area contributed by atoms with Gasteiger partial charge in [0.25, 0.3) is 0 Å². The Morgan fingerprint density at radius 3 is 2.71 bits per heavy atom. The molecule has 0 saturated carbocycles. The Morgan fingerprint density at radius 1 is 1.16 bits per heavy atom. The van der Waals surface area contributed by atoms with E-state index in [-0.39, 0.29) is 17.6 Å². The molecule has 0 aliphatic carbocycles. The first-order chi connectivity index (χ1) is 15.0. The number of piperidine rings is 1. The van der Waals surface area contributed by atoms with Gasteiger partial charge in [-0.1, -0.05) is 0 Å². The van der Waals surface area contributed by atoms with Gasteiger partial charge in [0.1, 0.15) is 5.82 Å². The monoisotopic (exact) mass is 420 g/mol. The van der Waals surface area contributed by atoms with E-state index >= 15 is 0 Å². The van der Waals surface area contributed by atoms with Crippen LogP contribution in [-0.4, -0.2) is 45.4 Å². The lowest BCUT2D eigenvalue weighted by molar-refractivity contribution is -0.117. The van der Waals surface area contributed by atoms with Gasteiger partial charge in [-0.25, -0.2) is 14.4 Å². The SMILES string of the molecule is Cc1cc(Nc2ncccn2)cc([C@H]2CCCN(CC(=O)Nc3ccc(F)cc3)C2)n1. The number of halogens is 1. The summed E-state index contributed by atoms with van der Waals surface area (Å²) in [6.07, 6.45) is 5.41. The number of likely N-dealkylation sites (tertiary alicyclic amines) is 1. The minimum absolute atomic E-state index is 0.104. The highest BCUT2D eigenvalue weighted by Crippen LogP contribution is 2.28. The molecule has 7 nitrogen and oxygen atoms in total. The third-order valence-corrected chi connectivity index (χ3v) is 5.21. The summed E-state index contributed by atoms with van der Waals surface area (Å²) < 4.78 is 13.0. The second-order valence-electron chi connectivity index (χ2n) is 7.75. The van der Waals surface area contributed by atoms with Gasteiger partial charge in [-0.2, -0.15) is 0 Å². The van der Waals surface area contributed by atoms with Crippen LogP contribution < -0.4 is 10.6 Å². The first-order valence-electron chi connectivity index (χ1n) is 10.4. The van der Waals surface area contributed by atoms with Gasteiger partial charge in [-0.05, 0) is 68.8 Å². The van der Waals surface area contributed by atoms with E-state index in [1.807, 2.05) is 19.1 Å². The van der Waals surface area contributed by atoms with Crippen molar-refractivity contribution in [1.82, 2.24) is 19.9 Å². The van der Waals surface area contributed by atoms with Crippen molar-refractivity contribution in [3.8, 4) is 0 Å². The number of hydrogen-bond acceptors (Lipinski definition) is 6. The fraction of sp³-hybridized carbons (Fsp3) is 0.304. The topological polar surface area (TPSA) is 83.0 Å². The van der Waals surface area contributed by atoms with Crippen LogP contribution in [-0.2, 0) is 4.79 Å². The Morgan fingerprint density at radius 2 is 1.94 bits per heavy atom. The van der Waals surface area contributed by atoms with Crippen molar-refractivity contribution < 1.29 is 9.18 Å². The van der Waals surface area contributed by atoms with Crippen LogP contribution >= 0.6 is 0 Å². The van der Waals surface area contributed by atoms with Crippen LogP contribution in [0.5, 0.6) is 0 Å². The molecule has 1 fully saturated rings. The zero-order chi connectivity index (χ0) is 21.6. The Kier molecular flexibility index (Phi) is 6.47. The molecule has 2 N–H and O–H groups in total.